The molecule has 0 spiro atoms. The molecule has 0 amide bonds. The Morgan fingerprint density at radius 3 is 2.43 bits per heavy atom. The number of aliphatic hydroxyl groups is 3. The minimum absolute atomic E-state index is 0.0388. The first-order valence-corrected chi connectivity index (χ1v) is 8.04. The third-order valence-corrected chi connectivity index (χ3v) is 4.43. The SMILES string of the molecule is CCC(=O)CC1[C@@H](O)[C@H](O)[C@@H](CO)N1C/C=C/c1ccccc1. The van der Waals surface area contributed by atoms with Gasteiger partial charge in [-0.25, -0.2) is 0 Å². The summed E-state index contributed by atoms with van der Waals surface area (Å²) in [6.45, 7) is 1.98. The monoisotopic (exact) mass is 319 g/mol. The van der Waals surface area contributed by atoms with Gasteiger partial charge in [0.1, 0.15) is 5.78 Å². The van der Waals surface area contributed by atoms with Gasteiger partial charge >= 0.3 is 0 Å². The molecule has 4 atom stereocenters. The summed E-state index contributed by atoms with van der Waals surface area (Å²) in [7, 11) is 0. The number of Topliss-reactive ketones (excluding diaryl/α,β-unsaturated/α-hetero) is 1. The van der Waals surface area contributed by atoms with Crippen LogP contribution < -0.4 is 0 Å². The van der Waals surface area contributed by atoms with E-state index in [9.17, 15) is 20.1 Å². The lowest BCUT2D eigenvalue weighted by Crippen LogP contribution is -2.42. The Hall–Kier alpha value is -1.53. The summed E-state index contributed by atoms with van der Waals surface area (Å²) in [5.74, 6) is 0.0388. The van der Waals surface area contributed by atoms with Gasteiger partial charge in [-0.05, 0) is 5.56 Å². The Kier molecular flexibility index (Phi) is 6.47. The summed E-state index contributed by atoms with van der Waals surface area (Å²) < 4.78 is 0. The van der Waals surface area contributed by atoms with Crippen LogP contribution in [-0.4, -0.2) is 63.4 Å². The van der Waals surface area contributed by atoms with Crippen LogP contribution in [0.1, 0.15) is 25.3 Å². The molecule has 23 heavy (non-hydrogen) atoms. The van der Waals surface area contributed by atoms with Crippen LogP contribution in [0.3, 0.4) is 0 Å². The maximum absolute atomic E-state index is 11.8. The van der Waals surface area contributed by atoms with Crippen LogP contribution in [-0.2, 0) is 4.79 Å². The Balaban J connectivity index is 2.10. The van der Waals surface area contributed by atoms with E-state index in [-0.39, 0.29) is 18.8 Å². The van der Waals surface area contributed by atoms with E-state index in [0.717, 1.165) is 5.56 Å². The van der Waals surface area contributed by atoms with Crippen molar-refractivity contribution in [2.45, 2.75) is 44.1 Å². The highest BCUT2D eigenvalue weighted by Crippen LogP contribution is 2.28. The van der Waals surface area contributed by atoms with Gasteiger partial charge in [-0.1, -0.05) is 49.4 Å². The van der Waals surface area contributed by atoms with E-state index in [1.54, 1.807) is 6.92 Å². The largest absolute Gasteiger partial charge is 0.395 e. The van der Waals surface area contributed by atoms with Crippen molar-refractivity contribution < 1.29 is 20.1 Å². The van der Waals surface area contributed by atoms with Crippen LogP contribution in [0.4, 0.5) is 0 Å². The first-order valence-electron chi connectivity index (χ1n) is 8.04. The van der Waals surface area contributed by atoms with Gasteiger partial charge < -0.3 is 15.3 Å². The van der Waals surface area contributed by atoms with Gasteiger partial charge in [0.05, 0.1) is 24.9 Å². The predicted molar refractivity (Wildman–Crippen MR) is 88.8 cm³/mol. The molecule has 1 fully saturated rings. The molecule has 0 radical (unpaired) electrons. The number of benzene rings is 1. The Labute approximate surface area is 136 Å². The number of carbonyl (C=O) groups is 1. The van der Waals surface area contributed by atoms with Crippen LogP contribution in [0.2, 0.25) is 0 Å². The Morgan fingerprint density at radius 2 is 1.83 bits per heavy atom. The zero-order valence-electron chi connectivity index (χ0n) is 13.4. The van der Waals surface area contributed by atoms with Crippen molar-refractivity contribution in [1.82, 2.24) is 4.90 Å². The number of ketones is 1. The van der Waals surface area contributed by atoms with Crippen molar-refractivity contribution in [3.63, 3.8) is 0 Å². The van der Waals surface area contributed by atoms with Crippen LogP contribution in [0, 0.1) is 0 Å². The van der Waals surface area contributed by atoms with Gasteiger partial charge in [0.2, 0.25) is 0 Å². The van der Waals surface area contributed by atoms with E-state index in [1.807, 2.05) is 47.4 Å². The van der Waals surface area contributed by atoms with Crippen LogP contribution in [0.5, 0.6) is 0 Å². The number of carbonyl (C=O) groups excluding carboxylic acids is 1. The molecule has 1 unspecified atom stereocenters. The standard InChI is InChI=1S/C18H25NO4/c1-2-14(21)11-15-17(22)18(23)16(12-20)19(15)10-6-9-13-7-4-3-5-8-13/h3-9,15-18,20,22-23H,2,10-12H2,1H3/b9-6+/t15?,16-,17-,18-/m1/s1. The number of rotatable bonds is 7. The van der Waals surface area contributed by atoms with Gasteiger partial charge in [-0.15, -0.1) is 0 Å². The Bertz CT molecular complexity index is 531. The number of likely N-dealkylation sites (tertiary alicyclic amines) is 1. The van der Waals surface area contributed by atoms with Gasteiger partial charge in [0, 0.05) is 25.4 Å². The predicted octanol–water partition coefficient (Wildman–Crippen LogP) is 0.836. The lowest BCUT2D eigenvalue weighted by molar-refractivity contribution is -0.120. The maximum Gasteiger partial charge on any atom is 0.134 e. The maximum atomic E-state index is 11.8. The highest BCUT2D eigenvalue weighted by Gasteiger charge is 2.46. The molecule has 1 heterocycles. The summed E-state index contributed by atoms with van der Waals surface area (Å²) >= 11 is 0. The molecular formula is C18H25NO4. The third-order valence-electron chi connectivity index (χ3n) is 4.43. The molecule has 1 aliphatic rings. The van der Waals surface area contributed by atoms with Crippen molar-refractivity contribution >= 4 is 11.9 Å². The van der Waals surface area contributed by atoms with Crippen molar-refractivity contribution in [2.75, 3.05) is 13.2 Å². The quantitative estimate of drug-likeness (QED) is 0.694. The molecule has 1 aliphatic heterocycles. The number of hydrogen-bond donors (Lipinski definition) is 3. The molecule has 0 aliphatic carbocycles. The number of hydrogen-bond acceptors (Lipinski definition) is 5. The summed E-state index contributed by atoms with van der Waals surface area (Å²) in [4.78, 5) is 13.6. The molecule has 0 saturated carbocycles. The Morgan fingerprint density at radius 1 is 1.17 bits per heavy atom. The summed E-state index contributed by atoms with van der Waals surface area (Å²) in [6, 6.07) is 8.77. The topological polar surface area (TPSA) is 81.0 Å². The lowest BCUT2D eigenvalue weighted by Gasteiger charge is -2.28. The van der Waals surface area contributed by atoms with E-state index in [4.69, 9.17) is 0 Å². The van der Waals surface area contributed by atoms with Crippen molar-refractivity contribution in [1.29, 1.82) is 0 Å². The summed E-state index contributed by atoms with van der Waals surface area (Å²) in [6.07, 6.45) is 2.39. The summed E-state index contributed by atoms with van der Waals surface area (Å²) in [5.41, 5.74) is 1.05. The molecule has 126 valence electrons. The first kappa shape index (κ1) is 17.8. The molecule has 1 aromatic rings. The average Bonchev–Trinajstić information content (AvgIpc) is 2.80. The van der Waals surface area contributed by atoms with E-state index >= 15 is 0 Å². The van der Waals surface area contributed by atoms with E-state index in [2.05, 4.69) is 0 Å². The average molecular weight is 319 g/mol. The molecule has 0 aromatic heterocycles. The molecular weight excluding hydrogens is 294 g/mol. The second-order valence-corrected chi connectivity index (χ2v) is 5.90. The minimum Gasteiger partial charge on any atom is -0.395 e. The van der Waals surface area contributed by atoms with E-state index in [0.29, 0.717) is 13.0 Å². The fraction of sp³-hybridized carbons (Fsp3) is 0.500. The smallest absolute Gasteiger partial charge is 0.134 e. The molecule has 1 aromatic carbocycles. The zero-order chi connectivity index (χ0) is 16.8. The van der Waals surface area contributed by atoms with Crippen molar-refractivity contribution in [3.05, 3.63) is 42.0 Å². The zero-order valence-corrected chi connectivity index (χ0v) is 13.4. The highest BCUT2D eigenvalue weighted by molar-refractivity contribution is 5.78. The fourth-order valence-electron chi connectivity index (χ4n) is 3.07. The molecule has 0 bridgehead atoms. The van der Waals surface area contributed by atoms with Gasteiger partial charge in [-0.2, -0.15) is 0 Å². The second kappa shape index (κ2) is 8.36. The van der Waals surface area contributed by atoms with Gasteiger partial charge in [0.15, 0.2) is 0 Å². The molecule has 5 heteroatoms. The molecule has 3 N–H and O–H groups in total. The van der Waals surface area contributed by atoms with Crippen LogP contribution >= 0.6 is 0 Å². The minimum atomic E-state index is -1.04. The number of aliphatic hydroxyl groups excluding tert-OH is 3. The van der Waals surface area contributed by atoms with Gasteiger partial charge in [-0.3, -0.25) is 9.69 Å². The fourth-order valence-corrected chi connectivity index (χ4v) is 3.07. The second-order valence-electron chi connectivity index (χ2n) is 5.90. The van der Waals surface area contributed by atoms with E-state index < -0.39 is 24.3 Å². The molecule has 2 rings (SSSR count). The normalized spacial score (nSPS) is 28.5. The van der Waals surface area contributed by atoms with Crippen molar-refractivity contribution in [2.24, 2.45) is 0 Å². The first-order chi connectivity index (χ1) is 11.1. The third kappa shape index (κ3) is 4.26. The molecule has 5 nitrogen and oxygen atoms in total. The highest BCUT2D eigenvalue weighted by atomic mass is 16.3. The van der Waals surface area contributed by atoms with Gasteiger partial charge in [0.25, 0.3) is 0 Å². The van der Waals surface area contributed by atoms with E-state index in [1.165, 1.54) is 0 Å². The molecule has 1 saturated heterocycles. The van der Waals surface area contributed by atoms with Crippen LogP contribution in [0.15, 0.2) is 36.4 Å². The lowest BCUT2D eigenvalue weighted by atomic mass is 10.0. The number of nitrogens with zero attached hydrogens (tertiary/aromatic N) is 1. The summed E-state index contributed by atoms with van der Waals surface area (Å²) in [5, 5.41) is 29.9. The van der Waals surface area contributed by atoms with Crippen LogP contribution in [0.25, 0.3) is 6.08 Å². The van der Waals surface area contributed by atoms with Crippen molar-refractivity contribution in [3.8, 4) is 0 Å².